The lowest BCUT2D eigenvalue weighted by atomic mass is 9.81. The Labute approximate surface area is 269 Å². The van der Waals surface area contributed by atoms with E-state index in [4.69, 9.17) is 9.72 Å². The van der Waals surface area contributed by atoms with Crippen LogP contribution in [0.5, 0.6) is 5.75 Å². The van der Waals surface area contributed by atoms with E-state index in [1.807, 2.05) is 25.1 Å². The number of anilines is 2. The summed E-state index contributed by atoms with van der Waals surface area (Å²) in [5.41, 5.74) is 2.39. The fourth-order valence-corrected chi connectivity index (χ4v) is 7.80. The second-order valence-corrected chi connectivity index (χ2v) is 14.1. The van der Waals surface area contributed by atoms with Crippen LogP contribution in [-0.4, -0.2) is 96.5 Å². The summed E-state index contributed by atoms with van der Waals surface area (Å²) in [7, 11) is 3.45. The Hall–Kier alpha value is -3.04. The van der Waals surface area contributed by atoms with Gasteiger partial charge in [-0.05, 0) is 76.7 Å². The van der Waals surface area contributed by atoms with Gasteiger partial charge in [0, 0.05) is 75.8 Å². The number of rotatable bonds is 11. The van der Waals surface area contributed by atoms with Crippen LogP contribution in [-0.2, 0) is 11.2 Å². The van der Waals surface area contributed by atoms with Crippen molar-refractivity contribution in [2.45, 2.75) is 96.7 Å². The summed E-state index contributed by atoms with van der Waals surface area (Å²) in [5, 5.41) is 0. The number of methoxy groups -OCH3 is 1. The highest BCUT2D eigenvalue weighted by Crippen LogP contribution is 2.37. The van der Waals surface area contributed by atoms with Crippen LogP contribution in [0.2, 0.25) is 0 Å². The highest BCUT2D eigenvalue weighted by atomic mass is 16.5. The van der Waals surface area contributed by atoms with E-state index in [0.29, 0.717) is 48.4 Å². The fraction of sp³-hybridized carbons (Fsp3) is 0.667. The minimum absolute atomic E-state index is 0.0717. The van der Waals surface area contributed by atoms with Crippen molar-refractivity contribution in [3.05, 3.63) is 41.3 Å². The van der Waals surface area contributed by atoms with Gasteiger partial charge in [0.25, 0.3) is 0 Å². The van der Waals surface area contributed by atoms with E-state index < -0.39 is 0 Å². The summed E-state index contributed by atoms with van der Waals surface area (Å²) in [4.78, 5) is 45.2. The molecular formula is C36H52N6O3. The van der Waals surface area contributed by atoms with Crippen molar-refractivity contribution < 1.29 is 14.3 Å². The standard InChI is InChI=1S/C36H52N6O3/c1-6-30-36(44)39(4)31-22-37-34(38-35(31)42(30)24(2)3)21-28-12-11-27(20-33(28)45-5)32(43)19-25-9-13-29(14-10-25)41-17-15-40(16-18-41)23-26-7-8-26/h11-12,20,22,24-26,29-30H,6-10,13-19,21,23H2,1-5H3/t25-,29-,30-/m1/s1. The smallest absolute Gasteiger partial charge is 0.249 e. The number of fused-ring (bicyclic) bond motifs is 1. The molecule has 4 aliphatic rings. The number of likely N-dealkylation sites (N-methyl/N-ethyl adjacent to an activating group) is 1. The number of Topliss-reactive ketones (excluding diaryl/α,β-unsaturated/α-hetero) is 1. The summed E-state index contributed by atoms with van der Waals surface area (Å²) in [6.45, 7) is 12.4. The second-order valence-electron chi connectivity index (χ2n) is 14.1. The average Bonchev–Trinajstić information content (AvgIpc) is 3.87. The maximum atomic E-state index is 13.4. The zero-order valence-electron chi connectivity index (χ0n) is 28.0. The molecule has 3 heterocycles. The quantitative estimate of drug-likeness (QED) is 0.319. The van der Waals surface area contributed by atoms with E-state index in [1.54, 1.807) is 25.3 Å². The molecule has 1 amide bonds. The molecule has 0 N–H and O–H groups in total. The number of hydrogen-bond donors (Lipinski definition) is 0. The number of carbonyl (C=O) groups is 2. The first kappa shape index (κ1) is 31.9. The molecule has 2 aromatic rings. The van der Waals surface area contributed by atoms with Crippen molar-refractivity contribution in [3.8, 4) is 5.75 Å². The van der Waals surface area contributed by atoms with Gasteiger partial charge in [-0.25, -0.2) is 9.97 Å². The van der Waals surface area contributed by atoms with Gasteiger partial charge in [-0.3, -0.25) is 14.5 Å². The Bertz CT molecular complexity index is 1360. The number of nitrogens with zero attached hydrogens (tertiary/aromatic N) is 6. The monoisotopic (exact) mass is 616 g/mol. The Morgan fingerprint density at radius 2 is 1.73 bits per heavy atom. The molecule has 6 rings (SSSR count). The number of ether oxygens (including phenoxy) is 1. The first-order valence-electron chi connectivity index (χ1n) is 17.3. The number of benzene rings is 1. The second kappa shape index (κ2) is 13.8. The van der Waals surface area contributed by atoms with Gasteiger partial charge < -0.3 is 19.4 Å². The fourth-order valence-electron chi connectivity index (χ4n) is 7.80. The third-order valence-corrected chi connectivity index (χ3v) is 10.7. The number of carbonyl (C=O) groups excluding carboxylic acids is 2. The predicted octanol–water partition coefficient (Wildman–Crippen LogP) is 5.21. The van der Waals surface area contributed by atoms with E-state index >= 15 is 0 Å². The first-order valence-corrected chi connectivity index (χ1v) is 17.3. The van der Waals surface area contributed by atoms with Gasteiger partial charge in [0.1, 0.15) is 23.3 Å². The maximum absolute atomic E-state index is 13.4. The highest BCUT2D eigenvalue weighted by Gasteiger charge is 2.38. The average molecular weight is 617 g/mol. The van der Waals surface area contributed by atoms with Gasteiger partial charge in [-0.2, -0.15) is 0 Å². The van der Waals surface area contributed by atoms with Crippen LogP contribution in [0, 0.1) is 11.8 Å². The minimum atomic E-state index is -0.243. The topological polar surface area (TPSA) is 82.1 Å². The molecule has 1 saturated heterocycles. The van der Waals surface area contributed by atoms with E-state index in [-0.39, 0.29) is 23.8 Å². The maximum Gasteiger partial charge on any atom is 0.249 e. The summed E-state index contributed by atoms with van der Waals surface area (Å²) < 4.78 is 5.77. The van der Waals surface area contributed by atoms with Crippen molar-refractivity contribution in [3.63, 3.8) is 0 Å². The minimum Gasteiger partial charge on any atom is -0.496 e. The van der Waals surface area contributed by atoms with E-state index in [1.165, 1.54) is 58.4 Å². The number of hydrogen-bond acceptors (Lipinski definition) is 8. The molecular weight excluding hydrogens is 564 g/mol. The SMILES string of the molecule is CC[C@@H]1C(=O)N(C)c2cnc(Cc3ccc(C(=O)C[C@H]4CC[C@H](N5CCN(CC6CC6)CC5)CC4)cc3OC)nc2N1C(C)C. The number of piperazine rings is 1. The molecule has 9 nitrogen and oxygen atoms in total. The number of ketones is 1. The van der Waals surface area contributed by atoms with Gasteiger partial charge in [-0.15, -0.1) is 0 Å². The third kappa shape index (κ3) is 7.04. The zero-order chi connectivity index (χ0) is 31.7. The Morgan fingerprint density at radius 3 is 2.38 bits per heavy atom. The molecule has 1 atom stereocenters. The lowest BCUT2D eigenvalue weighted by molar-refractivity contribution is -0.120. The number of amides is 1. The molecule has 2 aliphatic carbocycles. The Kier molecular flexibility index (Phi) is 9.76. The van der Waals surface area contributed by atoms with Crippen LogP contribution in [0.25, 0.3) is 0 Å². The molecule has 1 aromatic carbocycles. The molecule has 0 unspecified atom stereocenters. The molecule has 1 aromatic heterocycles. The largest absolute Gasteiger partial charge is 0.496 e. The summed E-state index contributed by atoms with van der Waals surface area (Å²) in [6, 6.07) is 6.38. The van der Waals surface area contributed by atoms with Crippen molar-refractivity contribution in [2.24, 2.45) is 11.8 Å². The molecule has 0 spiro atoms. The van der Waals surface area contributed by atoms with E-state index in [0.717, 1.165) is 35.8 Å². The van der Waals surface area contributed by atoms with Crippen LogP contribution >= 0.6 is 0 Å². The van der Waals surface area contributed by atoms with Crippen LogP contribution in [0.4, 0.5) is 11.5 Å². The van der Waals surface area contributed by atoms with Gasteiger partial charge >= 0.3 is 0 Å². The molecule has 244 valence electrons. The molecule has 9 heteroatoms. The lowest BCUT2D eigenvalue weighted by Gasteiger charge is -2.42. The summed E-state index contributed by atoms with van der Waals surface area (Å²) in [6.07, 6.45) is 11.1. The van der Waals surface area contributed by atoms with Gasteiger partial charge in [0.05, 0.1) is 13.3 Å². The lowest BCUT2D eigenvalue weighted by Crippen LogP contribution is -2.55. The molecule has 45 heavy (non-hydrogen) atoms. The number of aromatic nitrogens is 2. The Morgan fingerprint density at radius 1 is 1.02 bits per heavy atom. The van der Waals surface area contributed by atoms with Crippen LogP contribution in [0.3, 0.4) is 0 Å². The molecule has 0 radical (unpaired) electrons. The highest BCUT2D eigenvalue weighted by molar-refractivity contribution is 6.04. The molecule has 0 bridgehead atoms. The van der Waals surface area contributed by atoms with Gasteiger partial charge in [0.2, 0.25) is 5.91 Å². The first-order chi connectivity index (χ1) is 21.7. The predicted molar refractivity (Wildman–Crippen MR) is 178 cm³/mol. The van der Waals surface area contributed by atoms with Crippen molar-refractivity contribution in [1.82, 2.24) is 19.8 Å². The molecule has 2 saturated carbocycles. The van der Waals surface area contributed by atoms with E-state index in [9.17, 15) is 9.59 Å². The summed E-state index contributed by atoms with van der Waals surface area (Å²) in [5.74, 6) is 3.85. The van der Waals surface area contributed by atoms with Crippen molar-refractivity contribution >= 4 is 23.2 Å². The van der Waals surface area contributed by atoms with Crippen LogP contribution in [0.15, 0.2) is 24.4 Å². The zero-order valence-corrected chi connectivity index (χ0v) is 28.0. The Balaban J connectivity index is 1.06. The summed E-state index contributed by atoms with van der Waals surface area (Å²) >= 11 is 0. The third-order valence-electron chi connectivity index (χ3n) is 10.7. The molecule has 3 fully saturated rings. The van der Waals surface area contributed by atoms with Crippen molar-refractivity contribution in [1.29, 1.82) is 0 Å². The van der Waals surface area contributed by atoms with Crippen LogP contribution in [0.1, 0.15) is 93.9 Å². The van der Waals surface area contributed by atoms with Gasteiger partial charge in [0.15, 0.2) is 11.6 Å². The van der Waals surface area contributed by atoms with Gasteiger partial charge in [-0.1, -0.05) is 19.1 Å². The normalized spacial score (nSPS) is 24.7. The van der Waals surface area contributed by atoms with Crippen molar-refractivity contribution in [2.75, 3.05) is 56.7 Å². The van der Waals surface area contributed by atoms with E-state index in [2.05, 4.69) is 33.5 Å². The molecule has 2 aliphatic heterocycles. The van der Waals surface area contributed by atoms with Crippen LogP contribution < -0.4 is 14.5 Å².